The van der Waals surface area contributed by atoms with Gasteiger partial charge in [0.15, 0.2) is 5.67 Å². The number of anilines is 2. The summed E-state index contributed by atoms with van der Waals surface area (Å²) in [6.45, 7) is 2.48. The number of alkyl halides is 1. The van der Waals surface area contributed by atoms with Crippen LogP contribution in [0, 0.1) is 0 Å². The van der Waals surface area contributed by atoms with Gasteiger partial charge >= 0.3 is 0 Å². The number of aromatic nitrogens is 2. The fourth-order valence-corrected chi connectivity index (χ4v) is 1.64. The molecular weight excluding hydrogens is 245 g/mol. The lowest BCUT2D eigenvalue weighted by Gasteiger charge is -2.27. The Kier molecular flexibility index (Phi) is 3.55. The minimum Gasteiger partial charge on any atom is -0.278 e. The SMILES string of the molecule is CC(C)(F)C(=O)N(c1ccncc1)c1ccncc1. The molecule has 0 aliphatic heterocycles. The maximum atomic E-state index is 14.0. The van der Waals surface area contributed by atoms with Gasteiger partial charge in [0.25, 0.3) is 5.91 Å². The quantitative estimate of drug-likeness (QED) is 0.851. The highest BCUT2D eigenvalue weighted by atomic mass is 19.1. The van der Waals surface area contributed by atoms with Crippen LogP contribution in [0.3, 0.4) is 0 Å². The van der Waals surface area contributed by atoms with Gasteiger partial charge in [0.05, 0.1) is 11.4 Å². The lowest BCUT2D eigenvalue weighted by atomic mass is 10.1. The molecule has 0 radical (unpaired) electrons. The van der Waals surface area contributed by atoms with Crippen LogP contribution in [0.4, 0.5) is 15.8 Å². The predicted molar refractivity (Wildman–Crippen MR) is 70.8 cm³/mol. The number of pyridine rings is 2. The highest BCUT2D eigenvalue weighted by Gasteiger charge is 2.33. The molecule has 0 N–H and O–H groups in total. The van der Waals surface area contributed by atoms with Crippen molar-refractivity contribution in [2.24, 2.45) is 0 Å². The molecule has 0 bridgehead atoms. The van der Waals surface area contributed by atoms with Crippen LogP contribution in [0.25, 0.3) is 0 Å². The molecule has 2 aromatic heterocycles. The highest BCUT2D eigenvalue weighted by molar-refractivity contribution is 6.04. The van der Waals surface area contributed by atoms with Gasteiger partial charge < -0.3 is 0 Å². The summed E-state index contributed by atoms with van der Waals surface area (Å²) in [6, 6.07) is 6.63. The number of hydrogen-bond acceptors (Lipinski definition) is 3. The van der Waals surface area contributed by atoms with Gasteiger partial charge in [0.2, 0.25) is 0 Å². The molecule has 0 unspecified atom stereocenters. The van der Waals surface area contributed by atoms with Gasteiger partial charge in [-0.05, 0) is 38.1 Å². The van der Waals surface area contributed by atoms with Crippen LogP contribution in [0.2, 0.25) is 0 Å². The summed E-state index contributed by atoms with van der Waals surface area (Å²) in [5.41, 5.74) is -0.833. The Balaban J connectivity index is 2.49. The van der Waals surface area contributed by atoms with Crippen LogP contribution >= 0.6 is 0 Å². The Bertz CT molecular complexity index is 512. The van der Waals surface area contributed by atoms with E-state index >= 15 is 0 Å². The molecule has 4 nitrogen and oxygen atoms in total. The fourth-order valence-electron chi connectivity index (χ4n) is 1.64. The molecule has 0 aromatic carbocycles. The molecule has 2 heterocycles. The van der Waals surface area contributed by atoms with E-state index in [0.29, 0.717) is 11.4 Å². The van der Waals surface area contributed by atoms with Crippen molar-refractivity contribution in [3.63, 3.8) is 0 Å². The lowest BCUT2D eigenvalue weighted by Crippen LogP contribution is -2.39. The second kappa shape index (κ2) is 5.14. The van der Waals surface area contributed by atoms with Gasteiger partial charge in [-0.25, -0.2) is 4.39 Å². The summed E-state index contributed by atoms with van der Waals surface area (Å²) in [6.07, 6.45) is 6.23. The smallest absolute Gasteiger partial charge is 0.268 e. The van der Waals surface area contributed by atoms with Crippen molar-refractivity contribution in [1.29, 1.82) is 0 Å². The van der Waals surface area contributed by atoms with E-state index in [1.54, 1.807) is 49.1 Å². The maximum absolute atomic E-state index is 14.0. The molecule has 5 heteroatoms. The van der Waals surface area contributed by atoms with Gasteiger partial charge in [-0.15, -0.1) is 0 Å². The first-order valence-electron chi connectivity index (χ1n) is 5.83. The molecule has 0 aliphatic rings. The third kappa shape index (κ3) is 2.93. The zero-order chi connectivity index (χ0) is 13.9. The molecule has 0 spiro atoms. The van der Waals surface area contributed by atoms with E-state index in [1.165, 1.54) is 18.7 Å². The van der Waals surface area contributed by atoms with E-state index < -0.39 is 11.6 Å². The molecule has 0 aliphatic carbocycles. The Labute approximate surface area is 110 Å². The largest absolute Gasteiger partial charge is 0.278 e. The monoisotopic (exact) mass is 259 g/mol. The number of rotatable bonds is 3. The molecule has 0 saturated heterocycles. The van der Waals surface area contributed by atoms with E-state index in [2.05, 4.69) is 9.97 Å². The Morgan fingerprint density at radius 3 is 1.68 bits per heavy atom. The fraction of sp³-hybridized carbons (Fsp3) is 0.214. The second-order valence-electron chi connectivity index (χ2n) is 4.52. The average Bonchev–Trinajstić information content (AvgIpc) is 2.40. The maximum Gasteiger partial charge on any atom is 0.268 e. The first-order chi connectivity index (χ1) is 9.00. The zero-order valence-corrected chi connectivity index (χ0v) is 10.7. The van der Waals surface area contributed by atoms with Crippen LogP contribution in [-0.4, -0.2) is 21.5 Å². The summed E-state index contributed by atoms with van der Waals surface area (Å²) in [5.74, 6) is -0.634. The second-order valence-corrected chi connectivity index (χ2v) is 4.52. The Hall–Kier alpha value is -2.30. The number of hydrogen-bond donors (Lipinski definition) is 0. The average molecular weight is 259 g/mol. The number of halogens is 1. The topological polar surface area (TPSA) is 46.1 Å². The summed E-state index contributed by atoms with van der Waals surface area (Å²) < 4.78 is 14.0. The van der Waals surface area contributed by atoms with Crippen molar-refractivity contribution in [3.05, 3.63) is 49.1 Å². The third-order valence-electron chi connectivity index (χ3n) is 2.55. The summed E-state index contributed by atoms with van der Waals surface area (Å²) in [5, 5.41) is 0. The molecular formula is C14H14FN3O. The standard InChI is InChI=1S/C14H14FN3O/c1-14(2,15)13(19)18(11-3-7-16-8-4-11)12-5-9-17-10-6-12/h3-10H,1-2H3. The lowest BCUT2D eigenvalue weighted by molar-refractivity contribution is -0.127. The van der Waals surface area contributed by atoms with Crippen LogP contribution in [-0.2, 0) is 4.79 Å². The summed E-state index contributed by atoms with van der Waals surface area (Å²) in [4.78, 5) is 21.4. The van der Waals surface area contributed by atoms with Gasteiger partial charge in [-0.1, -0.05) is 0 Å². The van der Waals surface area contributed by atoms with Crippen molar-refractivity contribution < 1.29 is 9.18 Å². The zero-order valence-electron chi connectivity index (χ0n) is 10.7. The van der Waals surface area contributed by atoms with E-state index in [9.17, 15) is 9.18 Å². The van der Waals surface area contributed by atoms with E-state index in [1.807, 2.05) is 0 Å². The molecule has 0 atom stereocenters. The van der Waals surface area contributed by atoms with Gasteiger partial charge in [-0.3, -0.25) is 19.7 Å². The van der Waals surface area contributed by atoms with Crippen LogP contribution in [0.5, 0.6) is 0 Å². The van der Waals surface area contributed by atoms with Crippen molar-refractivity contribution in [2.75, 3.05) is 4.90 Å². The highest BCUT2D eigenvalue weighted by Crippen LogP contribution is 2.28. The summed E-state index contributed by atoms with van der Waals surface area (Å²) in [7, 11) is 0. The number of carbonyl (C=O) groups is 1. The van der Waals surface area contributed by atoms with Crippen molar-refractivity contribution >= 4 is 17.3 Å². The van der Waals surface area contributed by atoms with E-state index in [-0.39, 0.29) is 0 Å². The van der Waals surface area contributed by atoms with Crippen molar-refractivity contribution in [3.8, 4) is 0 Å². The normalized spacial score (nSPS) is 11.1. The molecule has 0 fully saturated rings. The van der Waals surface area contributed by atoms with E-state index in [4.69, 9.17) is 0 Å². The van der Waals surface area contributed by atoms with Gasteiger partial charge in [0, 0.05) is 24.8 Å². The predicted octanol–water partition coefficient (Wildman–Crippen LogP) is 2.89. The number of amides is 1. The van der Waals surface area contributed by atoms with Crippen LogP contribution < -0.4 is 4.90 Å². The van der Waals surface area contributed by atoms with Crippen LogP contribution in [0.1, 0.15) is 13.8 Å². The Morgan fingerprint density at radius 1 is 1.00 bits per heavy atom. The molecule has 0 saturated carbocycles. The molecule has 98 valence electrons. The third-order valence-corrected chi connectivity index (χ3v) is 2.55. The first-order valence-corrected chi connectivity index (χ1v) is 5.83. The molecule has 19 heavy (non-hydrogen) atoms. The first kappa shape index (κ1) is 13.1. The van der Waals surface area contributed by atoms with Gasteiger partial charge in [0.1, 0.15) is 0 Å². The summed E-state index contributed by atoms with van der Waals surface area (Å²) >= 11 is 0. The minimum absolute atomic E-state index is 0.567. The minimum atomic E-state index is -1.97. The van der Waals surface area contributed by atoms with Gasteiger partial charge in [-0.2, -0.15) is 0 Å². The Morgan fingerprint density at radius 2 is 1.37 bits per heavy atom. The van der Waals surface area contributed by atoms with Crippen molar-refractivity contribution in [1.82, 2.24) is 9.97 Å². The molecule has 2 rings (SSSR count). The van der Waals surface area contributed by atoms with Crippen molar-refractivity contribution in [2.45, 2.75) is 19.5 Å². The molecule has 1 amide bonds. The molecule has 2 aromatic rings. The van der Waals surface area contributed by atoms with Crippen LogP contribution in [0.15, 0.2) is 49.1 Å². The number of carbonyl (C=O) groups excluding carboxylic acids is 1. The van der Waals surface area contributed by atoms with E-state index in [0.717, 1.165) is 0 Å². The number of nitrogens with zero attached hydrogens (tertiary/aromatic N) is 3.